The van der Waals surface area contributed by atoms with E-state index in [1.54, 1.807) is 26.9 Å². The molecule has 0 radical (unpaired) electrons. The van der Waals surface area contributed by atoms with Gasteiger partial charge in [-0.15, -0.1) is 0 Å². The monoisotopic (exact) mass is 1100 g/mol. The molecule has 4 aliphatic rings. The van der Waals surface area contributed by atoms with Crippen LogP contribution in [0.15, 0.2) is 102 Å². The topological polar surface area (TPSA) is 212 Å². The molecule has 0 unspecified atom stereocenters. The Morgan fingerprint density at radius 2 is 1.21 bits per heavy atom. The van der Waals surface area contributed by atoms with E-state index in [-0.39, 0.29) is 5.91 Å². The van der Waals surface area contributed by atoms with Gasteiger partial charge >= 0.3 is 0 Å². The molecule has 426 valence electrons. The van der Waals surface area contributed by atoms with Gasteiger partial charge in [0, 0.05) is 94.2 Å². The summed E-state index contributed by atoms with van der Waals surface area (Å²) < 4.78 is 21.6. The van der Waals surface area contributed by atoms with E-state index in [4.69, 9.17) is 35.4 Å². The number of carbonyl (C=O) groups excluding carboxylic acids is 1. The summed E-state index contributed by atoms with van der Waals surface area (Å²) in [4.78, 5) is 40.9. The Bertz CT molecular complexity index is 3400. The number of rotatable bonds is 15. The average molecular weight is 1100 g/mol. The first-order valence-corrected chi connectivity index (χ1v) is 28.9. The van der Waals surface area contributed by atoms with E-state index in [2.05, 4.69) is 74.7 Å². The van der Waals surface area contributed by atoms with Crippen molar-refractivity contribution in [2.45, 2.75) is 102 Å². The van der Waals surface area contributed by atoms with Gasteiger partial charge in [0.15, 0.2) is 5.65 Å². The van der Waals surface area contributed by atoms with E-state index in [1.165, 1.54) is 25.7 Å². The molecule has 5 aromatic heterocycles. The van der Waals surface area contributed by atoms with Crippen molar-refractivity contribution in [3.63, 3.8) is 0 Å². The molecule has 2 saturated carbocycles. The summed E-state index contributed by atoms with van der Waals surface area (Å²) in [5.74, 6) is 3.95. The summed E-state index contributed by atoms with van der Waals surface area (Å²) >= 11 is 0. The number of aryl methyl sites for hydroxylation is 2. The highest BCUT2D eigenvalue weighted by Gasteiger charge is 2.33. The number of fused-ring (bicyclic) bond motifs is 2. The second-order valence-electron chi connectivity index (χ2n) is 22.5. The largest absolute Gasteiger partial charge is 0.495 e. The minimum absolute atomic E-state index is 0.0497. The van der Waals surface area contributed by atoms with Gasteiger partial charge in [-0.3, -0.25) is 14.6 Å². The first kappa shape index (κ1) is 55.3. The van der Waals surface area contributed by atoms with Crippen molar-refractivity contribution in [2.24, 2.45) is 0 Å². The number of amides is 1. The van der Waals surface area contributed by atoms with Crippen LogP contribution in [0.2, 0.25) is 0 Å². The van der Waals surface area contributed by atoms with Crippen molar-refractivity contribution in [3.8, 4) is 33.9 Å². The Labute approximate surface area is 475 Å². The molecular weight excluding hydrogens is 1020 g/mol. The number of nitrogens with zero attached hydrogens (tertiary/aromatic N) is 11. The maximum absolute atomic E-state index is 12.7. The van der Waals surface area contributed by atoms with Gasteiger partial charge in [-0.1, -0.05) is 42.5 Å². The Hall–Kier alpha value is -7.58. The van der Waals surface area contributed by atoms with Crippen molar-refractivity contribution in [1.29, 1.82) is 0 Å². The fraction of sp³-hybridized carbons (Fsp3) is 0.452. The standard InChI is InChI=1S/C33H41N7O2.C29H38N8O2/c1-38-16-18-39(19-17-38)25-10-12-26(13-11-25)40-21-27(31-32(34)35-22-36-33(31)40)24-9-14-28(29(20-24)42-2)37-30(41)15-8-23-6-4-3-5-7-23;1-19-4-10-23(39-19)17-31-24-11-5-20(16-25(24)38-3)27-26-28(30)32-18-33-29(26)37(34-27)22-8-6-21(7-9-22)36-14-12-35(2)13-15-36/h3-7,9,14,20-22,25-26H,8,10-13,15-19H2,1-2H3,(H,37,41)(H2,34,35,36);4-5,10-11,16,18,21-22,31H,6-9,12-15,17H2,1-3H3,(H2,30,32,33). The lowest BCUT2D eigenvalue weighted by atomic mass is 9.89. The van der Waals surface area contributed by atoms with Gasteiger partial charge in [-0.2, -0.15) is 5.10 Å². The molecule has 4 fully saturated rings. The normalized spacial score (nSPS) is 20.5. The zero-order chi connectivity index (χ0) is 56.0. The van der Waals surface area contributed by atoms with Gasteiger partial charge in [0.25, 0.3) is 0 Å². The number of aromatic nitrogens is 7. The van der Waals surface area contributed by atoms with Gasteiger partial charge in [-0.05, 0) is 126 Å². The smallest absolute Gasteiger partial charge is 0.224 e. The zero-order valence-electron chi connectivity index (χ0n) is 47.7. The summed E-state index contributed by atoms with van der Waals surface area (Å²) in [6, 6.07) is 27.9. The summed E-state index contributed by atoms with van der Waals surface area (Å²) in [6.45, 7) is 11.8. The molecule has 8 aromatic rings. The van der Waals surface area contributed by atoms with E-state index in [9.17, 15) is 4.79 Å². The highest BCUT2D eigenvalue weighted by molar-refractivity contribution is 6.02. The van der Waals surface area contributed by atoms with E-state index in [0.29, 0.717) is 66.6 Å². The third kappa shape index (κ3) is 12.5. The van der Waals surface area contributed by atoms with Crippen molar-refractivity contribution in [1.82, 2.24) is 53.9 Å². The second-order valence-corrected chi connectivity index (χ2v) is 22.5. The number of furan rings is 1. The molecule has 81 heavy (non-hydrogen) atoms. The summed E-state index contributed by atoms with van der Waals surface area (Å²) in [7, 11) is 7.72. The first-order chi connectivity index (χ1) is 39.5. The molecule has 2 aliphatic carbocycles. The van der Waals surface area contributed by atoms with Crippen LogP contribution in [0, 0.1) is 6.92 Å². The molecule has 3 aromatic carbocycles. The predicted molar refractivity (Wildman–Crippen MR) is 321 cm³/mol. The third-order valence-electron chi connectivity index (χ3n) is 17.3. The molecule has 2 saturated heterocycles. The van der Waals surface area contributed by atoms with Crippen LogP contribution >= 0.6 is 0 Å². The van der Waals surface area contributed by atoms with Gasteiger partial charge in [0.05, 0.1) is 49.0 Å². The Morgan fingerprint density at radius 3 is 1.84 bits per heavy atom. The number of likely N-dealkylation sites (N-methyl/N-ethyl adjacent to an activating group) is 2. The van der Waals surface area contributed by atoms with Crippen molar-refractivity contribution < 1.29 is 18.7 Å². The number of benzene rings is 3. The number of anilines is 4. The fourth-order valence-electron chi connectivity index (χ4n) is 12.6. The number of piperazine rings is 2. The van der Waals surface area contributed by atoms with Crippen LogP contribution in [0.5, 0.6) is 11.5 Å². The Morgan fingerprint density at radius 1 is 0.642 bits per heavy atom. The van der Waals surface area contributed by atoms with Gasteiger partial charge in [-0.25, -0.2) is 24.6 Å². The zero-order valence-corrected chi connectivity index (χ0v) is 47.7. The van der Waals surface area contributed by atoms with Crippen molar-refractivity contribution >= 4 is 51.0 Å². The molecule has 19 heteroatoms. The van der Waals surface area contributed by atoms with Crippen LogP contribution in [0.4, 0.5) is 23.0 Å². The van der Waals surface area contributed by atoms with Gasteiger partial charge in [0.1, 0.15) is 58.7 Å². The van der Waals surface area contributed by atoms with Gasteiger partial charge < -0.3 is 50.4 Å². The molecule has 1 amide bonds. The number of nitrogen functional groups attached to an aromatic ring is 2. The second kappa shape index (κ2) is 25.1. The third-order valence-corrected chi connectivity index (χ3v) is 17.3. The lowest BCUT2D eigenvalue weighted by molar-refractivity contribution is -0.116. The molecule has 0 bridgehead atoms. The summed E-state index contributed by atoms with van der Waals surface area (Å²) in [6.07, 6.45) is 15.5. The highest BCUT2D eigenvalue weighted by atomic mass is 16.5. The van der Waals surface area contributed by atoms with Crippen molar-refractivity contribution in [2.75, 3.05) is 103 Å². The SMILES string of the molecule is COc1cc(-c2cn(C3CCC(N4CCN(C)CC4)CC3)c3ncnc(N)c23)ccc1NC(=O)CCc1ccccc1.COc1cc(-c2nn(C3CCC(N4CCN(C)CC4)CC3)c3ncnc(N)c23)ccc1NCc1ccc(C)o1. The van der Waals surface area contributed by atoms with Crippen LogP contribution < -0.4 is 31.6 Å². The molecule has 0 spiro atoms. The predicted octanol–water partition coefficient (Wildman–Crippen LogP) is 9.32. The Balaban J connectivity index is 0.000000171. The highest BCUT2D eigenvalue weighted by Crippen LogP contribution is 2.42. The fourth-order valence-corrected chi connectivity index (χ4v) is 12.6. The van der Waals surface area contributed by atoms with Gasteiger partial charge in [0.2, 0.25) is 5.91 Å². The van der Waals surface area contributed by atoms with Crippen LogP contribution in [-0.2, 0) is 17.8 Å². The quantitative estimate of drug-likeness (QED) is 0.0753. The summed E-state index contributed by atoms with van der Waals surface area (Å²) in [5.41, 5.74) is 20.8. The number of nitrogens with two attached hydrogens (primary N) is 2. The van der Waals surface area contributed by atoms with Crippen LogP contribution in [-0.4, -0.2) is 153 Å². The average Bonchev–Trinajstić information content (AvgIpc) is 4.32. The van der Waals surface area contributed by atoms with Crippen LogP contribution in [0.3, 0.4) is 0 Å². The number of carbonyl (C=O) groups is 1. The minimum Gasteiger partial charge on any atom is -0.495 e. The molecule has 12 rings (SSSR count). The van der Waals surface area contributed by atoms with E-state index < -0.39 is 0 Å². The number of ether oxygens (including phenoxy) is 2. The molecule has 2 aliphatic heterocycles. The number of nitrogens with one attached hydrogen (secondary N) is 2. The molecule has 6 N–H and O–H groups in total. The number of hydrogen-bond donors (Lipinski definition) is 4. The van der Waals surface area contributed by atoms with E-state index in [0.717, 1.165) is 151 Å². The molecule has 0 atom stereocenters. The van der Waals surface area contributed by atoms with Crippen LogP contribution in [0.1, 0.15) is 87.0 Å². The first-order valence-electron chi connectivity index (χ1n) is 28.9. The van der Waals surface area contributed by atoms with Crippen molar-refractivity contribution in [3.05, 3.63) is 115 Å². The van der Waals surface area contributed by atoms with E-state index in [1.807, 2.05) is 85.8 Å². The number of methoxy groups -OCH3 is 2. The number of hydrogen-bond acceptors (Lipinski definition) is 16. The maximum atomic E-state index is 12.7. The Kier molecular flexibility index (Phi) is 17.1. The maximum Gasteiger partial charge on any atom is 0.224 e. The van der Waals surface area contributed by atoms with E-state index >= 15 is 0 Å². The molecule has 7 heterocycles. The molecular formula is C62H79N15O4. The lowest BCUT2D eigenvalue weighted by Crippen LogP contribution is -2.49. The molecule has 19 nitrogen and oxygen atoms in total. The lowest BCUT2D eigenvalue weighted by Gasteiger charge is -2.41. The minimum atomic E-state index is -0.0497. The summed E-state index contributed by atoms with van der Waals surface area (Å²) in [5, 5.41) is 13.2. The van der Waals surface area contributed by atoms with Crippen LogP contribution in [0.25, 0.3) is 44.5 Å².